The Kier molecular flexibility index (Phi) is 5.69. The fourth-order valence-corrected chi connectivity index (χ4v) is 4.19. The van der Waals surface area contributed by atoms with Crippen LogP contribution in [0.3, 0.4) is 0 Å². The molecule has 0 aliphatic carbocycles. The summed E-state index contributed by atoms with van der Waals surface area (Å²) in [5.41, 5.74) is 6.37. The fourth-order valence-electron chi connectivity index (χ4n) is 3.78. The number of fused-ring (bicyclic) bond motifs is 1. The molecule has 154 valence electrons. The van der Waals surface area contributed by atoms with Gasteiger partial charge in [-0.15, -0.1) is 11.8 Å². The standard InChI is InChI=1S/C24H22N6S/c1-31-21-7-5-17(6-8-21)22-4-2-3-20(28-22)15-30-10-9-23-19(14-30)13-27-24(29-23)18-11-25-16-26-12-18/h2-8,11-13,16H,9-10,14-15H2,1H3. The smallest absolute Gasteiger partial charge is 0.162 e. The van der Waals surface area contributed by atoms with Crippen LogP contribution < -0.4 is 0 Å². The van der Waals surface area contributed by atoms with Crippen LogP contribution in [-0.2, 0) is 19.5 Å². The van der Waals surface area contributed by atoms with Crippen LogP contribution in [0.1, 0.15) is 17.0 Å². The molecule has 0 amide bonds. The monoisotopic (exact) mass is 426 g/mol. The van der Waals surface area contributed by atoms with Crippen molar-refractivity contribution < 1.29 is 0 Å². The molecule has 0 saturated carbocycles. The molecule has 0 atom stereocenters. The molecule has 31 heavy (non-hydrogen) atoms. The maximum absolute atomic E-state index is 4.91. The third-order valence-corrected chi connectivity index (χ3v) is 6.15. The van der Waals surface area contributed by atoms with Gasteiger partial charge in [0.25, 0.3) is 0 Å². The minimum atomic E-state index is 0.689. The molecule has 0 N–H and O–H groups in total. The molecule has 4 aromatic rings. The van der Waals surface area contributed by atoms with Gasteiger partial charge >= 0.3 is 0 Å². The minimum absolute atomic E-state index is 0.689. The van der Waals surface area contributed by atoms with E-state index in [0.717, 1.165) is 54.3 Å². The predicted octanol–water partition coefficient (Wildman–Crippen LogP) is 4.28. The zero-order valence-corrected chi connectivity index (χ0v) is 18.1. The van der Waals surface area contributed by atoms with Crippen LogP contribution in [0.15, 0.2) is 72.3 Å². The molecule has 0 radical (unpaired) electrons. The topological polar surface area (TPSA) is 67.7 Å². The van der Waals surface area contributed by atoms with Gasteiger partial charge in [-0.3, -0.25) is 9.88 Å². The Morgan fingerprint density at radius 2 is 1.77 bits per heavy atom. The summed E-state index contributed by atoms with van der Waals surface area (Å²) < 4.78 is 0. The zero-order chi connectivity index (χ0) is 21.0. The average molecular weight is 427 g/mol. The molecule has 4 heterocycles. The van der Waals surface area contributed by atoms with E-state index in [4.69, 9.17) is 9.97 Å². The van der Waals surface area contributed by atoms with Crippen molar-refractivity contribution in [3.05, 3.63) is 84.3 Å². The summed E-state index contributed by atoms with van der Waals surface area (Å²) in [6.07, 6.45) is 9.94. The first-order valence-corrected chi connectivity index (χ1v) is 11.4. The van der Waals surface area contributed by atoms with Gasteiger partial charge in [-0.25, -0.2) is 19.9 Å². The summed E-state index contributed by atoms with van der Waals surface area (Å²) in [5, 5.41) is 0. The van der Waals surface area contributed by atoms with Gasteiger partial charge in [0.05, 0.1) is 22.6 Å². The van der Waals surface area contributed by atoms with Gasteiger partial charge in [0.15, 0.2) is 5.82 Å². The van der Waals surface area contributed by atoms with Crippen molar-refractivity contribution in [2.45, 2.75) is 24.4 Å². The second-order valence-electron chi connectivity index (χ2n) is 7.50. The van der Waals surface area contributed by atoms with Crippen LogP contribution in [0.4, 0.5) is 0 Å². The van der Waals surface area contributed by atoms with Crippen molar-refractivity contribution in [3.8, 4) is 22.6 Å². The molecule has 6 nitrogen and oxygen atoms in total. The number of hydrogen-bond donors (Lipinski definition) is 0. The second-order valence-corrected chi connectivity index (χ2v) is 8.38. The van der Waals surface area contributed by atoms with Crippen molar-refractivity contribution in [2.75, 3.05) is 12.8 Å². The first-order chi connectivity index (χ1) is 15.3. The Labute approximate surface area is 185 Å². The molecule has 1 aromatic carbocycles. The molecule has 0 spiro atoms. The normalized spacial score (nSPS) is 13.7. The summed E-state index contributed by atoms with van der Waals surface area (Å²) in [4.78, 5) is 26.0. The number of thioether (sulfide) groups is 1. The van der Waals surface area contributed by atoms with Gasteiger partial charge in [-0.05, 0) is 30.5 Å². The third-order valence-electron chi connectivity index (χ3n) is 5.41. The highest BCUT2D eigenvalue weighted by Gasteiger charge is 2.19. The van der Waals surface area contributed by atoms with E-state index in [1.54, 1.807) is 24.2 Å². The third kappa shape index (κ3) is 4.47. The van der Waals surface area contributed by atoms with Gasteiger partial charge in [0, 0.05) is 60.7 Å². The van der Waals surface area contributed by atoms with Gasteiger partial charge in [0.2, 0.25) is 0 Å². The van der Waals surface area contributed by atoms with E-state index >= 15 is 0 Å². The van der Waals surface area contributed by atoms with E-state index in [2.05, 4.69) is 68.6 Å². The number of hydrogen-bond acceptors (Lipinski definition) is 7. The summed E-state index contributed by atoms with van der Waals surface area (Å²) >= 11 is 1.75. The molecule has 1 aliphatic rings. The lowest BCUT2D eigenvalue weighted by Gasteiger charge is -2.27. The molecule has 5 rings (SSSR count). The quantitative estimate of drug-likeness (QED) is 0.441. The first-order valence-electron chi connectivity index (χ1n) is 10.2. The van der Waals surface area contributed by atoms with Gasteiger partial charge in [-0.2, -0.15) is 0 Å². The number of aromatic nitrogens is 5. The number of benzene rings is 1. The number of nitrogens with zero attached hydrogens (tertiary/aromatic N) is 6. The van der Waals surface area contributed by atoms with Crippen LogP contribution in [0.25, 0.3) is 22.6 Å². The van der Waals surface area contributed by atoms with E-state index in [-0.39, 0.29) is 0 Å². The van der Waals surface area contributed by atoms with Crippen molar-refractivity contribution >= 4 is 11.8 Å². The van der Waals surface area contributed by atoms with Gasteiger partial charge in [0.1, 0.15) is 6.33 Å². The maximum atomic E-state index is 4.91. The SMILES string of the molecule is CSc1ccc(-c2cccc(CN3CCc4nc(-c5cncnc5)ncc4C3)n2)cc1. The van der Waals surface area contributed by atoms with E-state index in [1.807, 2.05) is 6.20 Å². The summed E-state index contributed by atoms with van der Waals surface area (Å²) in [6, 6.07) is 14.8. The Morgan fingerprint density at radius 1 is 0.935 bits per heavy atom. The predicted molar refractivity (Wildman–Crippen MR) is 122 cm³/mol. The molecular weight excluding hydrogens is 404 g/mol. The Balaban J connectivity index is 1.30. The Morgan fingerprint density at radius 3 is 2.58 bits per heavy atom. The van der Waals surface area contributed by atoms with Crippen molar-refractivity contribution in [3.63, 3.8) is 0 Å². The molecule has 0 bridgehead atoms. The molecule has 0 fully saturated rings. The highest BCUT2D eigenvalue weighted by molar-refractivity contribution is 7.98. The van der Waals surface area contributed by atoms with Crippen LogP contribution in [-0.4, -0.2) is 42.6 Å². The maximum Gasteiger partial charge on any atom is 0.162 e. The highest BCUT2D eigenvalue weighted by atomic mass is 32.2. The fraction of sp³-hybridized carbons (Fsp3) is 0.208. The molecule has 3 aromatic heterocycles. The van der Waals surface area contributed by atoms with Crippen LogP contribution in [0.2, 0.25) is 0 Å². The lowest BCUT2D eigenvalue weighted by Crippen LogP contribution is -2.31. The zero-order valence-electron chi connectivity index (χ0n) is 17.3. The Bertz CT molecular complexity index is 1180. The second kappa shape index (κ2) is 8.91. The lowest BCUT2D eigenvalue weighted by molar-refractivity contribution is 0.240. The largest absolute Gasteiger partial charge is 0.293 e. The summed E-state index contributed by atoms with van der Waals surface area (Å²) in [5.74, 6) is 0.689. The van der Waals surface area contributed by atoms with Gasteiger partial charge in [-0.1, -0.05) is 18.2 Å². The van der Waals surface area contributed by atoms with Crippen molar-refractivity contribution in [2.24, 2.45) is 0 Å². The minimum Gasteiger partial charge on any atom is -0.293 e. The number of pyridine rings is 1. The summed E-state index contributed by atoms with van der Waals surface area (Å²) in [7, 11) is 0. The van der Waals surface area contributed by atoms with Crippen molar-refractivity contribution in [1.82, 2.24) is 29.8 Å². The highest BCUT2D eigenvalue weighted by Crippen LogP contribution is 2.24. The van der Waals surface area contributed by atoms with Crippen LogP contribution in [0, 0.1) is 0 Å². The van der Waals surface area contributed by atoms with Crippen molar-refractivity contribution in [1.29, 1.82) is 0 Å². The first kappa shape index (κ1) is 19.8. The van der Waals surface area contributed by atoms with E-state index < -0.39 is 0 Å². The molecule has 0 saturated heterocycles. The van der Waals surface area contributed by atoms with Crippen LogP contribution in [0.5, 0.6) is 0 Å². The van der Waals surface area contributed by atoms with E-state index in [0.29, 0.717) is 5.82 Å². The van der Waals surface area contributed by atoms with Crippen LogP contribution >= 0.6 is 11.8 Å². The molecule has 0 unspecified atom stereocenters. The average Bonchev–Trinajstić information content (AvgIpc) is 2.84. The van der Waals surface area contributed by atoms with Gasteiger partial charge < -0.3 is 0 Å². The lowest BCUT2D eigenvalue weighted by atomic mass is 10.1. The molecule has 1 aliphatic heterocycles. The summed E-state index contributed by atoms with van der Waals surface area (Å²) in [6.45, 7) is 2.59. The molecular formula is C24H22N6S. The van der Waals surface area contributed by atoms with E-state index in [1.165, 1.54) is 16.8 Å². The Hall–Kier alpha value is -3.16. The van der Waals surface area contributed by atoms with E-state index in [9.17, 15) is 0 Å². The number of rotatable bonds is 5. The molecule has 7 heteroatoms.